The van der Waals surface area contributed by atoms with E-state index in [1.165, 1.54) is 69.0 Å². The lowest BCUT2D eigenvalue weighted by Crippen LogP contribution is -1.83. The normalized spacial score (nSPS) is 12.4. The van der Waals surface area contributed by atoms with Gasteiger partial charge in [0.05, 0.1) is 36.2 Å². The van der Waals surface area contributed by atoms with Crippen LogP contribution in [0.25, 0.3) is 69.0 Å². The monoisotopic (exact) mass is 457 g/mol. The van der Waals surface area contributed by atoms with Gasteiger partial charge in [-0.3, -0.25) is 0 Å². The van der Waals surface area contributed by atoms with Crippen molar-refractivity contribution in [3.05, 3.63) is 78.9 Å². The maximum Gasteiger partial charge on any atom is 0.128 e. The van der Waals surface area contributed by atoms with E-state index in [0.717, 1.165) is 11.5 Å². The first kappa shape index (κ1) is 18.4. The van der Waals surface area contributed by atoms with Gasteiger partial charge in [-0.05, 0) is 71.4 Å². The second kappa shape index (κ2) is 6.31. The smallest absolute Gasteiger partial charge is 0.128 e. The molecule has 0 aliphatic carbocycles. The third-order valence-electron chi connectivity index (χ3n) is 7.28. The van der Waals surface area contributed by atoms with Crippen LogP contribution in [0, 0.1) is 0 Å². The highest BCUT2D eigenvalue weighted by molar-refractivity contribution is 7.25. The van der Waals surface area contributed by atoms with Crippen molar-refractivity contribution in [1.29, 1.82) is 0 Å². The summed E-state index contributed by atoms with van der Waals surface area (Å²) < 4.78 is 16.2. The highest BCUT2D eigenvalue weighted by Crippen LogP contribution is 2.45. The number of hydrogen-bond acceptors (Lipinski definition) is 3. The van der Waals surface area contributed by atoms with Gasteiger partial charge >= 0.3 is 0 Å². The molecule has 162 valence electrons. The molecule has 0 bridgehead atoms. The molecule has 3 heterocycles. The molecule has 8 rings (SSSR count). The number of ether oxygens (including phenoxy) is 2. The van der Waals surface area contributed by atoms with Gasteiger partial charge in [-0.2, -0.15) is 0 Å². The molecular formula is C30H19NO2S. The topological polar surface area (TPSA) is 22.9 Å². The molecule has 0 amide bonds. The van der Waals surface area contributed by atoms with Gasteiger partial charge in [-0.15, -0.1) is 11.3 Å². The Morgan fingerprint density at radius 1 is 0.618 bits per heavy atom. The Morgan fingerprint density at radius 2 is 1.41 bits per heavy atom. The van der Waals surface area contributed by atoms with E-state index >= 15 is 0 Å². The first-order valence-electron chi connectivity index (χ1n) is 11.3. The number of fused-ring (bicyclic) bond motifs is 10. The average molecular weight is 458 g/mol. The van der Waals surface area contributed by atoms with Gasteiger partial charge in [-0.1, -0.05) is 18.2 Å². The minimum absolute atomic E-state index is 0.901. The van der Waals surface area contributed by atoms with Gasteiger partial charge in [0, 0.05) is 36.3 Å². The van der Waals surface area contributed by atoms with Gasteiger partial charge in [0.25, 0.3) is 0 Å². The second-order valence-electron chi connectivity index (χ2n) is 8.92. The summed E-state index contributed by atoms with van der Waals surface area (Å²) >= 11 is 1.83. The van der Waals surface area contributed by atoms with Crippen LogP contribution in [0.15, 0.2) is 78.9 Å². The van der Waals surface area contributed by atoms with E-state index in [2.05, 4.69) is 77.2 Å². The number of nitrogens with zero attached hydrogens (tertiary/aromatic N) is 1. The Kier molecular flexibility index (Phi) is 3.42. The SMILES string of the molecule is COc1ccc2c(c1)sc1cc3cc4c(cc3cc12)c1ccc(OC)c2c3ccccc3n4c12. The van der Waals surface area contributed by atoms with Crippen LogP contribution >= 0.6 is 11.3 Å². The zero-order valence-corrected chi connectivity index (χ0v) is 19.5. The Hall–Kier alpha value is -4.02. The predicted molar refractivity (Wildman–Crippen MR) is 145 cm³/mol. The van der Waals surface area contributed by atoms with E-state index in [-0.39, 0.29) is 0 Å². The number of methoxy groups -OCH3 is 2. The van der Waals surface area contributed by atoms with Crippen LogP contribution in [0.4, 0.5) is 0 Å². The molecule has 3 aromatic heterocycles. The molecule has 0 fully saturated rings. The summed E-state index contributed by atoms with van der Waals surface area (Å²) in [4.78, 5) is 0. The molecule has 3 nitrogen and oxygen atoms in total. The van der Waals surface area contributed by atoms with E-state index in [9.17, 15) is 0 Å². The molecule has 4 heteroatoms. The van der Waals surface area contributed by atoms with E-state index < -0.39 is 0 Å². The highest BCUT2D eigenvalue weighted by atomic mass is 32.1. The Morgan fingerprint density at radius 3 is 2.29 bits per heavy atom. The van der Waals surface area contributed by atoms with Crippen molar-refractivity contribution in [2.75, 3.05) is 14.2 Å². The number of thiophene rings is 1. The number of benzene rings is 5. The molecule has 34 heavy (non-hydrogen) atoms. The molecule has 8 aromatic rings. The van der Waals surface area contributed by atoms with E-state index in [4.69, 9.17) is 9.47 Å². The molecular weight excluding hydrogens is 438 g/mol. The first-order chi connectivity index (χ1) is 16.7. The van der Waals surface area contributed by atoms with Crippen molar-refractivity contribution in [3.8, 4) is 11.5 Å². The second-order valence-corrected chi connectivity index (χ2v) is 10.0. The van der Waals surface area contributed by atoms with Crippen molar-refractivity contribution in [1.82, 2.24) is 4.40 Å². The zero-order chi connectivity index (χ0) is 22.6. The molecule has 0 saturated heterocycles. The molecule has 0 N–H and O–H groups in total. The van der Waals surface area contributed by atoms with Gasteiger partial charge < -0.3 is 13.9 Å². The van der Waals surface area contributed by atoms with Crippen LogP contribution in [0.5, 0.6) is 11.5 Å². The summed E-state index contributed by atoms with van der Waals surface area (Å²) in [7, 11) is 3.48. The lowest BCUT2D eigenvalue weighted by atomic mass is 10.0. The minimum Gasteiger partial charge on any atom is -0.497 e. The first-order valence-corrected chi connectivity index (χ1v) is 12.2. The molecule has 0 radical (unpaired) electrons. The third kappa shape index (κ3) is 2.17. The maximum atomic E-state index is 5.79. The highest BCUT2D eigenvalue weighted by Gasteiger charge is 2.20. The Bertz CT molecular complexity index is 2100. The van der Waals surface area contributed by atoms with Crippen LogP contribution in [0.1, 0.15) is 0 Å². The van der Waals surface area contributed by atoms with Crippen molar-refractivity contribution in [3.63, 3.8) is 0 Å². The fourth-order valence-electron chi connectivity index (χ4n) is 5.77. The minimum atomic E-state index is 0.901. The summed E-state index contributed by atoms with van der Waals surface area (Å²) in [6.07, 6.45) is 0. The van der Waals surface area contributed by atoms with E-state index in [0.29, 0.717) is 0 Å². The van der Waals surface area contributed by atoms with Crippen LogP contribution in [-0.2, 0) is 0 Å². The van der Waals surface area contributed by atoms with E-state index in [1.807, 2.05) is 17.4 Å². The Labute approximate surface area is 198 Å². The van der Waals surface area contributed by atoms with Gasteiger partial charge in [0.15, 0.2) is 0 Å². The maximum absolute atomic E-state index is 5.79. The summed E-state index contributed by atoms with van der Waals surface area (Å²) in [6.45, 7) is 0. The van der Waals surface area contributed by atoms with Crippen LogP contribution in [0.3, 0.4) is 0 Å². The predicted octanol–water partition coefficient (Wildman–Crippen LogP) is 8.38. The molecule has 0 atom stereocenters. The average Bonchev–Trinajstić information content (AvgIpc) is 3.51. The molecule has 0 spiro atoms. The molecule has 0 aliphatic rings. The van der Waals surface area contributed by atoms with Crippen LogP contribution in [-0.4, -0.2) is 18.6 Å². The lowest BCUT2D eigenvalue weighted by molar-refractivity contribution is 0.415. The molecule has 0 unspecified atom stereocenters. The molecule has 0 saturated carbocycles. The number of para-hydroxylation sites is 1. The van der Waals surface area contributed by atoms with Gasteiger partial charge in [0.2, 0.25) is 0 Å². The van der Waals surface area contributed by atoms with E-state index in [1.54, 1.807) is 14.2 Å². The van der Waals surface area contributed by atoms with Gasteiger partial charge in [-0.25, -0.2) is 0 Å². The zero-order valence-electron chi connectivity index (χ0n) is 18.7. The third-order valence-corrected chi connectivity index (χ3v) is 8.40. The largest absolute Gasteiger partial charge is 0.497 e. The van der Waals surface area contributed by atoms with Crippen LogP contribution < -0.4 is 9.47 Å². The number of aromatic nitrogens is 1. The number of hydrogen-bond donors (Lipinski definition) is 0. The van der Waals surface area contributed by atoms with Gasteiger partial charge in [0.1, 0.15) is 11.5 Å². The Balaban J connectivity index is 1.55. The summed E-state index contributed by atoms with van der Waals surface area (Å²) in [5.41, 5.74) is 3.70. The fourth-order valence-corrected chi connectivity index (χ4v) is 6.94. The van der Waals surface area contributed by atoms with Crippen molar-refractivity contribution < 1.29 is 9.47 Å². The summed E-state index contributed by atoms with van der Waals surface area (Å²) in [6, 6.07) is 28.7. The van der Waals surface area contributed by atoms with Crippen molar-refractivity contribution in [2.24, 2.45) is 0 Å². The van der Waals surface area contributed by atoms with Crippen molar-refractivity contribution in [2.45, 2.75) is 0 Å². The standard InChI is InChI=1S/C30H19NO2S/c1-32-18-7-8-19-23-12-16-11-22-20-9-10-26(33-2)29-21-5-3-4-6-24(21)31(30(20)29)25(22)13-17(16)14-27(23)34-28(19)15-18/h3-15H,1-2H3. The van der Waals surface area contributed by atoms with Crippen molar-refractivity contribution >= 4 is 80.4 Å². The fraction of sp³-hybridized carbons (Fsp3) is 0.0667. The lowest BCUT2D eigenvalue weighted by Gasteiger charge is -2.04. The molecule has 0 aliphatic heterocycles. The van der Waals surface area contributed by atoms with Crippen LogP contribution in [0.2, 0.25) is 0 Å². The summed E-state index contributed by atoms with van der Waals surface area (Å²) in [5.74, 6) is 1.83. The molecule has 5 aromatic carbocycles. The summed E-state index contributed by atoms with van der Waals surface area (Å²) in [5, 5.41) is 10.1. The quantitative estimate of drug-likeness (QED) is 0.260. The number of rotatable bonds is 2.